The summed E-state index contributed by atoms with van der Waals surface area (Å²) >= 11 is 0. The Balaban J connectivity index is 1.34. The Morgan fingerprint density at radius 2 is 2.06 bits per heavy atom. The number of carbonyl (C=O) groups excluding carboxylic acids is 1. The summed E-state index contributed by atoms with van der Waals surface area (Å²) in [5.41, 5.74) is 1.76. The zero-order valence-electron chi connectivity index (χ0n) is 17.8. The van der Waals surface area contributed by atoms with Crippen LogP contribution in [-0.4, -0.2) is 65.7 Å². The number of carbonyl (C=O) groups is 1. The molecule has 10 heteroatoms. The van der Waals surface area contributed by atoms with Crippen LogP contribution in [0.25, 0.3) is 11.4 Å². The van der Waals surface area contributed by atoms with Crippen LogP contribution in [0.5, 0.6) is 11.5 Å². The van der Waals surface area contributed by atoms with Crippen LogP contribution >= 0.6 is 0 Å². The van der Waals surface area contributed by atoms with Gasteiger partial charge in [-0.15, -0.1) is 10.2 Å². The highest BCUT2D eigenvalue weighted by Crippen LogP contribution is 2.31. The van der Waals surface area contributed by atoms with E-state index >= 15 is 0 Å². The molecule has 1 saturated heterocycles. The maximum absolute atomic E-state index is 12.2. The maximum Gasteiger partial charge on any atom is 0.243 e. The van der Waals surface area contributed by atoms with E-state index in [0.29, 0.717) is 55.9 Å². The molecule has 3 aromatic rings. The smallest absolute Gasteiger partial charge is 0.243 e. The quantitative estimate of drug-likeness (QED) is 0.534. The second-order valence-corrected chi connectivity index (χ2v) is 7.16. The summed E-state index contributed by atoms with van der Waals surface area (Å²) < 4.78 is 22.2. The molecule has 0 radical (unpaired) electrons. The SMILES string of the molecule is COc1cc(-c2nnn(CC(=O)NCC3COCCO3)n2)ccc1OCc1ccccc1. The molecule has 0 bridgehead atoms. The van der Waals surface area contributed by atoms with Gasteiger partial charge in [-0.1, -0.05) is 30.3 Å². The molecule has 1 N–H and O–H groups in total. The van der Waals surface area contributed by atoms with Crippen LogP contribution in [0.2, 0.25) is 0 Å². The minimum Gasteiger partial charge on any atom is -0.493 e. The second kappa shape index (κ2) is 10.7. The van der Waals surface area contributed by atoms with Crippen LogP contribution in [0, 0.1) is 0 Å². The molecule has 168 valence electrons. The number of nitrogens with one attached hydrogen (secondary N) is 1. The Morgan fingerprint density at radius 1 is 1.19 bits per heavy atom. The maximum atomic E-state index is 12.2. The number of benzene rings is 2. The van der Waals surface area contributed by atoms with Crippen molar-refractivity contribution >= 4 is 5.91 Å². The van der Waals surface area contributed by atoms with Gasteiger partial charge in [0.25, 0.3) is 0 Å². The molecular weight excluding hydrogens is 414 g/mol. The Labute approximate surface area is 185 Å². The number of ether oxygens (including phenoxy) is 4. The molecule has 0 aliphatic carbocycles. The summed E-state index contributed by atoms with van der Waals surface area (Å²) in [4.78, 5) is 13.4. The Bertz CT molecular complexity index is 1020. The lowest BCUT2D eigenvalue weighted by Crippen LogP contribution is -2.40. The number of hydrogen-bond donors (Lipinski definition) is 1. The first-order valence-corrected chi connectivity index (χ1v) is 10.3. The molecule has 1 aromatic heterocycles. The Morgan fingerprint density at radius 3 is 2.84 bits per heavy atom. The van der Waals surface area contributed by atoms with Crippen molar-refractivity contribution < 1.29 is 23.7 Å². The minimum atomic E-state index is -0.231. The zero-order chi connectivity index (χ0) is 22.2. The lowest BCUT2D eigenvalue weighted by Gasteiger charge is -2.22. The molecule has 1 aliphatic rings. The molecule has 0 saturated carbocycles. The van der Waals surface area contributed by atoms with Crippen LogP contribution in [0.4, 0.5) is 0 Å². The molecule has 1 unspecified atom stereocenters. The monoisotopic (exact) mass is 439 g/mol. The number of rotatable bonds is 9. The summed E-state index contributed by atoms with van der Waals surface area (Å²) in [6.07, 6.45) is -0.137. The third-order valence-corrected chi connectivity index (χ3v) is 4.81. The van der Waals surface area contributed by atoms with Crippen molar-refractivity contribution in [3.05, 3.63) is 54.1 Å². The molecule has 0 spiro atoms. The van der Waals surface area contributed by atoms with Crippen molar-refractivity contribution in [2.75, 3.05) is 33.5 Å². The minimum absolute atomic E-state index is 0.0457. The van der Waals surface area contributed by atoms with Gasteiger partial charge in [-0.25, -0.2) is 0 Å². The summed E-state index contributed by atoms with van der Waals surface area (Å²) in [5, 5.41) is 15.1. The largest absolute Gasteiger partial charge is 0.493 e. The van der Waals surface area contributed by atoms with Gasteiger partial charge in [-0.3, -0.25) is 4.79 Å². The van der Waals surface area contributed by atoms with Crippen LogP contribution in [-0.2, 0) is 27.4 Å². The van der Waals surface area contributed by atoms with Gasteiger partial charge >= 0.3 is 0 Å². The summed E-state index contributed by atoms with van der Waals surface area (Å²) in [6, 6.07) is 15.3. The first-order chi connectivity index (χ1) is 15.7. The van der Waals surface area contributed by atoms with Crippen LogP contribution in [0.1, 0.15) is 5.56 Å². The van der Waals surface area contributed by atoms with E-state index in [9.17, 15) is 4.79 Å². The van der Waals surface area contributed by atoms with E-state index < -0.39 is 0 Å². The van der Waals surface area contributed by atoms with Crippen molar-refractivity contribution in [3.63, 3.8) is 0 Å². The molecule has 2 heterocycles. The number of amides is 1. The highest BCUT2D eigenvalue weighted by molar-refractivity contribution is 5.75. The van der Waals surface area contributed by atoms with Crippen LogP contribution < -0.4 is 14.8 Å². The van der Waals surface area contributed by atoms with E-state index in [2.05, 4.69) is 20.7 Å². The predicted molar refractivity (Wildman–Crippen MR) is 114 cm³/mol. The van der Waals surface area contributed by atoms with Crippen molar-refractivity contribution in [3.8, 4) is 22.9 Å². The average Bonchev–Trinajstić information content (AvgIpc) is 3.31. The molecule has 1 atom stereocenters. The molecular formula is C22H25N5O5. The van der Waals surface area contributed by atoms with Crippen molar-refractivity contribution in [2.24, 2.45) is 0 Å². The fourth-order valence-corrected chi connectivity index (χ4v) is 3.15. The van der Waals surface area contributed by atoms with E-state index in [1.807, 2.05) is 36.4 Å². The lowest BCUT2D eigenvalue weighted by molar-refractivity contribution is -0.124. The molecule has 2 aromatic carbocycles. The van der Waals surface area contributed by atoms with E-state index in [1.165, 1.54) is 4.80 Å². The van der Waals surface area contributed by atoms with Crippen LogP contribution in [0.3, 0.4) is 0 Å². The molecule has 1 aliphatic heterocycles. The number of nitrogens with zero attached hydrogens (tertiary/aromatic N) is 4. The molecule has 4 rings (SSSR count). The van der Waals surface area contributed by atoms with Gasteiger partial charge in [0.15, 0.2) is 11.5 Å². The van der Waals surface area contributed by atoms with Gasteiger partial charge in [0.05, 0.1) is 33.0 Å². The third kappa shape index (κ3) is 5.80. The molecule has 1 amide bonds. The number of methoxy groups -OCH3 is 1. The van der Waals surface area contributed by atoms with Gasteiger partial charge in [-0.2, -0.15) is 4.80 Å². The van der Waals surface area contributed by atoms with Gasteiger partial charge in [0.2, 0.25) is 11.7 Å². The average molecular weight is 439 g/mol. The summed E-state index contributed by atoms with van der Waals surface area (Å²) in [7, 11) is 1.57. The first kappa shape index (κ1) is 21.7. The molecule has 10 nitrogen and oxygen atoms in total. The van der Waals surface area contributed by atoms with E-state index in [4.69, 9.17) is 18.9 Å². The van der Waals surface area contributed by atoms with E-state index in [0.717, 1.165) is 5.56 Å². The van der Waals surface area contributed by atoms with E-state index in [-0.39, 0.29) is 18.6 Å². The highest BCUT2D eigenvalue weighted by Gasteiger charge is 2.16. The van der Waals surface area contributed by atoms with Crippen molar-refractivity contribution in [2.45, 2.75) is 19.3 Å². The zero-order valence-corrected chi connectivity index (χ0v) is 17.8. The topological polar surface area (TPSA) is 110 Å². The molecule has 1 fully saturated rings. The predicted octanol–water partition coefficient (Wildman–Crippen LogP) is 1.46. The highest BCUT2D eigenvalue weighted by atomic mass is 16.6. The summed E-state index contributed by atoms with van der Waals surface area (Å²) in [6.45, 7) is 2.35. The Hall–Kier alpha value is -3.50. The lowest BCUT2D eigenvalue weighted by atomic mass is 10.2. The van der Waals surface area contributed by atoms with E-state index in [1.54, 1.807) is 19.2 Å². The van der Waals surface area contributed by atoms with Crippen molar-refractivity contribution in [1.29, 1.82) is 0 Å². The third-order valence-electron chi connectivity index (χ3n) is 4.81. The van der Waals surface area contributed by atoms with Crippen LogP contribution in [0.15, 0.2) is 48.5 Å². The fraction of sp³-hybridized carbons (Fsp3) is 0.364. The van der Waals surface area contributed by atoms with Gasteiger partial charge in [0, 0.05) is 12.1 Å². The number of tetrazole rings is 1. The summed E-state index contributed by atoms with van der Waals surface area (Å²) in [5.74, 6) is 1.32. The van der Waals surface area contributed by atoms with Crippen molar-refractivity contribution in [1.82, 2.24) is 25.5 Å². The molecule has 32 heavy (non-hydrogen) atoms. The normalized spacial score (nSPS) is 15.8. The Kier molecular flexibility index (Phi) is 7.26. The standard InChI is InChI=1S/C22H25N5O5/c1-29-20-11-17(7-8-19(20)32-14-16-5-3-2-4-6-16)22-24-26-27(25-22)13-21(28)23-12-18-15-30-9-10-31-18/h2-8,11,18H,9-10,12-15H2,1H3,(H,23,28). The number of hydrogen-bond acceptors (Lipinski definition) is 8. The first-order valence-electron chi connectivity index (χ1n) is 10.3. The second-order valence-electron chi connectivity index (χ2n) is 7.16. The number of aromatic nitrogens is 4. The fourth-order valence-electron chi connectivity index (χ4n) is 3.15. The van der Waals surface area contributed by atoms with Gasteiger partial charge in [-0.05, 0) is 29.0 Å². The van der Waals surface area contributed by atoms with Gasteiger partial charge < -0.3 is 24.3 Å². The van der Waals surface area contributed by atoms with Gasteiger partial charge in [0.1, 0.15) is 13.2 Å².